The summed E-state index contributed by atoms with van der Waals surface area (Å²) in [6.45, 7) is 2.29. The van der Waals surface area contributed by atoms with E-state index in [0.29, 0.717) is 11.4 Å². The number of benzene rings is 1. The highest BCUT2D eigenvalue weighted by molar-refractivity contribution is 5.94. The van der Waals surface area contributed by atoms with Crippen molar-refractivity contribution >= 4 is 11.6 Å². The highest BCUT2D eigenvalue weighted by Gasteiger charge is 2.22. The molecule has 0 aliphatic carbocycles. The third-order valence-electron chi connectivity index (χ3n) is 3.54. The Bertz CT molecular complexity index is 714. The molecule has 2 aromatic rings. The molecule has 0 radical (unpaired) electrons. The van der Waals surface area contributed by atoms with Crippen molar-refractivity contribution in [3.63, 3.8) is 0 Å². The summed E-state index contributed by atoms with van der Waals surface area (Å²) >= 11 is 0. The number of alkyl halides is 2. The second kappa shape index (κ2) is 7.37. The van der Waals surface area contributed by atoms with Crippen LogP contribution in [-0.2, 0) is 11.8 Å². The third kappa shape index (κ3) is 4.06. The first-order valence-corrected chi connectivity index (χ1v) is 7.26. The molecule has 1 heterocycles. The summed E-state index contributed by atoms with van der Waals surface area (Å²) in [4.78, 5) is 13.2. The van der Waals surface area contributed by atoms with Crippen LogP contribution in [-0.4, -0.2) is 35.3 Å². The number of hydrogen-bond donors (Lipinski definition) is 0. The van der Waals surface area contributed by atoms with E-state index in [0.717, 1.165) is 22.7 Å². The molecule has 0 aliphatic rings. The van der Waals surface area contributed by atoms with E-state index >= 15 is 0 Å². The minimum absolute atomic E-state index is 0.185. The lowest BCUT2D eigenvalue weighted by Crippen LogP contribution is -2.38. The molecule has 1 aromatic heterocycles. The number of aromatic nitrogens is 2. The Labute approximate surface area is 137 Å². The number of rotatable bonds is 6. The van der Waals surface area contributed by atoms with Gasteiger partial charge in [-0.2, -0.15) is 5.10 Å². The number of anilines is 1. The van der Waals surface area contributed by atoms with E-state index < -0.39 is 31.3 Å². The predicted octanol–water partition coefficient (Wildman–Crippen LogP) is 2.85. The van der Waals surface area contributed by atoms with Gasteiger partial charge in [0.15, 0.2) is 12.4 Å². The molecule has 24 heavy (non-hydrogen) atoms. The number of ether oxygens (including phenoxy) is 1. The molecule has 0 unspecified atom stereocenters. The number of hydrogen-bond acceptors (Lipinski definition) is 3. The van der Waals surface area contributed by atoms with Crippen LogP contribution in [0.15, 0.2) is 24.3 Å². The fourth-order valence-electron chi connectivity index (χ4n) is 2.29. The molecule has 0 spiro atoms. The third-order valence-corrected chi connectivity index (χ3v) is 3.54. The normalized spacial score (nSPS) is 11.0. The van der Waals surface area contributed by atoms with E-state index in [4.69, 9.17) is 4.74 Å². The van der Waals surface area contributed by atoms with E-state index in [1.807, 2.05) is 0 Å². The zero-order valence-electron chi connectivity index (χ0n) is 13.6. The minimum Gasteiger partial charge on any atom is -0.480 e. The lowest BCUT2D eigenvalue weighted by atomic mass is 10.2. The number of carbonyl (C=O) groups is 1. The van der Waals surface area contributed by atoms with Crippen molar-refractivity contribution in [1.82, 2.24) is 9.78 Å². The van der Waals surface area contributed by atoms with Gasteiger partial charge in [0, 0.05) is 12.7 Å². The molecule has 0 N–H and O–H groups in total. The van der Waals surface area contributed by atoms with E-state index in [-0.39, 0.29) is 5.69 Å². The number of nitrogens with zero attached hydrogens (tertiary/aromatic N) is 3. The summed E-state index contributed by atoms with van der Waals surface area (Å²) in [5.41, 5.74) is 1.51. The molecular weight excluding hydrogens is 323 g/mol. The van der Waals surface area contributed by atoms with Crippen molar-refractivity contribution < 1.29 is 22.7 Å². The summed E-state index contributed by atoms with van der Waals surface area (Å²) in [6.07, 6.45) is -2.72. The SMILES string of the molecule is Cc1nn(C)c(C)c1OCC(=O)N(CC(F)F)c1ccc(F)cc1. The molecule has 0 bridgehead atoms. The Morgan fingerprint density at radius 2 is 1.92 bits per heavy atom. The molecule has 8 heteroatoms. The van der Waals surface area contributed by atoms with Gasteiger partial charge in [-0.25, -0.2) is 13.2 Å². The average molecular weight is 341 g/mol. The van der Waals surface area contributed by atoms with Gasteiger partial charge in [0.05, 0.1) is 12.2 Å². The first kappa shape index (κ1) is 17.8. The van der Waals surface area contributed by atoms with E-state index in [1.54, 1.807) is 25.6 Å². The number of carbonyl (C=O) groups excluding carboxylic acids is 1. The van der Waals surface area contributed by atoms with Crippen molar-refractivity contribution in [2.24, 2.45) is 7.05 Å². The summed E-state index contributed by atoms with van der Waals surface area (Å²) in [5, 5.41) is 4.15. The first-order valence-electron chi connectivity index (χ1n) is 7.26. The quantitative estimate of drug-likeness (QED) is 0.812. The van der Waals surface area contributed by atoms with E-state index in [1.165, 1.54) is 12.1 Å². The summed E-state index contributed by atoms with van der Waals surface area (Å²) in [5.74, 6) is -0.715. The Morgan fingerprint density at radius 1 is 1.29 bits per heavy atom. The standard InChI is InChI=1S/C16H18F3N3O2/c1-10-16(11(2)21(3)20-10)24-9-15(23)22(8-14(18)19)13-6-4-12(17)5-7-13/h4-7,14H,8-9H2,1-3H3. The largest absolute Gasteiger partial charge is 0.480 e. The van der Waals surface area contributed by atoms with Crippen molar-refractivity contribution in [2.45, 2.75) is 20.3 Å². The molecule has 0 aliphatic heterocycles. The predicted molar refractivity (Wildman–Crippen MR) is 82.9 cm³/mol. The highest BCUT2D eigenvalue weighted by atomic mass is 19.3. The van der Waals surface area contributed by atoms with Gasteiger partial charge in [-0.15, -0.1) is 0 Å². The lowest BCUT2D eigenvalue weighted by molar-refractivity contribution is -0.121. The van der Waals surface area contributed by atoms with Gasteiger partial charge >= 0.3 is 0 Å². The second-order valence-electron chi connectivity index (χ2n) is 5.28. The van der Waals surface area contributed by atoms with Crippen LogP contribution >= 0.6 is 0 Å². The molecule has 1 amide bonds. The maximum absolute atomic E-state index is 13.0. The van der Waals surface area contributed by atoms with Gasteiger partial charge in [0.2, 0.25) is 0 Å². The van der Waals surface area contributed by atoms with Gasteiger partial charge in [-0.3, -0.25) is 9.48 Å². The smallest absolute Gasteiger partial charge is 0.265 e. The number of halogens is 3. The van der Waals surface area contributed by atoms with Crippen LogP contribution < -0.4 is 9.64 Å². The fraction of sp³-hybridized carbons (Fsp3) is 0.375. The molecule has 2 rings (SSSR count). The molecule has 0 saturated heterocycles. The van der Waals surface area contributed by atoms with E-state index in [2.05, 4.69) is 5.10 Å². The maximum atomic E-state index is 13.0. The van der Waals surface area contributed by atoms with Crippen LogP contribution in [0.25, 0.3) is 0 Å². The summed E-state index contributed by atoms with van der Waals surface area (Å²) in [6, 6.07) is 4.76. The average Bonchev–Trinajstić information content (AvgIpc) is 2.76. The fourth-order valence-corrected chi connectivity index (χ4v) is 2.29. The van der Waals surface area contributed by atoms with Crippen molar-refractivity contribution in [1.29, 1.82) is 0 Å². The van der Waals surface area contributed by atoms with E-state index in [9.17, 15) is 18.0 Å². The topological polar surface area (TPSA) is 47.4 Å². The van der Waals surface area contributed by atoms with Gasteiger partial charge in [0.1, 0.15) is 11.5 Å². The van der Waals surface area contributed by atoms with Crippen LogP contribution in [0.3, 0.4) is 0 Å². The minimum atomic E-state index is -2.72. The molecule has 130 valence electrons. The van der Waals surface area contributed by atoms with Gasteiger partial charge in [-0.05, 0) is 38.1 Å². The lowest BCUT2D eigenvalue weighted by Gasteiger charge is -2.22. The van der Waals surface area contributed by atoms with Gasteiger partial charge in [-0.1, -0.05) is 0 Å². The summed E-state index contributed by atoms with van der Waals surface area (Å²) in [7, 11) is 1.73. The zero-order chi connectivity index (χ0) is 17.9. The molecule has 0 fully saturated rings. The Morgan fingerprint density at radius 3 is 2.42 bits per heavy atom. The molecular formula is C16H18F3N3O2. The van der Waals surface area contributed by atoms with Crippen LogP contribution in [0.1, 0.15) is 11.4 Å². The Hall–Kier alpha value is -2.51. The van der Waals surface area contributed by atoms with Crippen molar-refractivity contribution in [3.05, 3.63) is 41.5 Å². The Kier molecular flexibility index (Phi) is 5.48. The molecule has 0 saturated carbocycles. The van der Waals surface area contributed by atoms with Crippen LogP contribution in [0.2, 0.25) is 0 Å². The zero-order valence-corrected chi connectivity index (χ0v) is 13.6. The number of amides is 1. The monoisotopic (exact) mass is 341 g/mol. The summed E-state index contributed by atoms with van der Waals surface area (Å²) < 4.78 is 45.6. The van der Waals surface area contributed by atoms with Crippen LogP contribution in [0, 0.1) is 19.7 Å². The number of aryl methyl sites for hydroxylation is 2. The maximum Gasteiger partial charge on any atom is 0.265 e. The van der Waals surface area contributed by atoms with Gasteiger partial charge < -0.3 is 9.64 Å². The highest BCUT2D eigenvalue weighted by Crippen LogP contribution is 2.22. The molecule has 1 aromatic carbocycles. The van der Waals surface area contributed by atoms with Crippen molar-refractivity contribution in [3.8, 4) is 5.75 Å². The molecule has 5 nitrogen and oxygen atoms in total. The van der Waals surface area contributed by atoms with Crippen LogP contribution in [0.5, 0.6) is 5.75 Å². The van der Waals surface area contributed by atoms with Gasteiger partial charge in [0.25, 0.3) is 12.3 Å². The first-order chi connectivity index (χ1) is 11.3. The Balaban J connectivity index is 2.14. The van der Waals surface area contributed by atoms with Crippen LogP contribution in [0.4, 0.5) is 18.9 Å². The second-order valence-corrected chi connectivity index (χ2v) is 5.28. The molecule has 0 atom stereocenters. The van der Waals surface area contributed by atoms with Crippen molar-refractivity contribution in [2.75, 3.05) is 18.1 Å².